The van der Waals surface area contributed by atoms with E-state index in [-0.39, 0.29) is 10.9 Å². The number of rotatable bonds is 3. The summed E-state index contributed by atoms with van der Waals surface area (Å²) in [5.74, 6) is 0.0458. The molecule has 112 valence electrons. The SMILES string of the molecule is NCCc1nc2ccc(F)cc2c(=O)n1-c1cccc(Cl)c1. The van der Waals surface area contributed by atoms with Gasteiger partial charge in [0, 0.05) is 11.4 Å². The van der Waals surface area contributed by atoms with E-state index in [0.717, 1.165) is 0 Å². The average Bonchev–Trinajstić information content (AvgIpc) is 2.49. The first-order valence-electron chi connectivity index (χ1n) is 6.77. The van der Waals surface area contributed by atoms with Crippen molar-refractivity contribution >= 4 is 22.5 Å². The van der Waals surface area contributed by atoms with Gasteiger partial charge in [-0.25, -0.2) is 9.37 Å². The van der Waals surface area contributed by atoms with Crippen LogP contribution in [-0.4, -0.2) is 16.1 Å². The summed E-state index contributed by atoms with van der Waals surface area (Å²) in [6, 6.07) is 10.8. The standard InChI is InChI=1S/C16H13ClFN3O/c17-10-2-1-3-12(8-10)21-15(6-7-19)20-14-5-4-11(18)9-13(14)16(21)22/h1-5,8-9H,6-7,19H2. The Kier molecular flexibility index (Phi) is 3.92. The third-order valence-electron chi connectivity index (χ3n) is 3.33. The van der Waals surface area contributed by atoms with Crippen LogP contribution >= 0.6 is 11.6 Å². The Hall–Kier alpha value is -2.24. The molecule has 1 heterocycles. The molecule has 0 fully saturated rings. The highest BCUT2D eigenvalue weighted by Crippen LogP contribution is 2.17. The number of benzene rings is 2. The van der Waals surface area contributed by atoms with Gasteiger partial charge in [0.1, 0.15) is 11.6 Å². The largest absolute Gasteiger partial charge is 0.330 e. The Bertz CT molecular complexity index is 908. The topological polar surface area (TPSA) is 60.9 Å². The molecule has 0 spiro atoms. The summed E-state index contributed by atoms with van der Waals surface area (Å²) in [6.07, 6.45) is 0.426. The Morgan fingerprint density at radius 2 is 2.05 bits per heavy atom. The predicted molar refractivity (Wildman–Crippen MR) is 85.1 cm³/mol. The van der Waals surface area contributed by atoms with E-state index in [4.69, 9.17) is 17.3 Å². The van der Waals surface area contributed by atoms with Crippen LogP contribution in [0.3, 0.4) is 0 Å². The molecule has 2 N–H and O–H groups in total. The van der Waals surface area contributed by atoms with Crippen molar-refractivity contribution in [1.29, 1.82) is 0 Å². The van der Waals surface area contributed by atoms with Gasteiger partial charge in [-0.3, -0.25) is 9.36 Å². The lowest BCUT2D eigenvalue weighted by molar-refractivity contribution is 0.629. The average molecular weight is 318 g/mol. The minimum Gasteiger partial charge on any atom is -0.330 e. The van der Waals surface area contributed by atoms with Crippen molar-refractivity contribution in [3.63, 3.8) is 0 Å². The fourth-order valence-corrected chi connectivity index (χ4v) is 2.57. The first kappa shape index (κ1) is 14.7. The van der Waals surface area contributed by atoms with E-state index in [2.05, 4.69) is 4.98 Å². The molecular weight excluding hydrogens is 305 g/mol. The van der Waals surface area contributed by atoms with Crippen molar-refractivity contribution in [3.05, 3.63) is 69.5 Å². The molecular formula is C16H13ClFN3O. The quantitative estimate of drug-likeness (QED) is 0.808. The lowest BCUT2D eigenvalue weighted by Crippen LogP contribution is -2.25. The Morgan fingerprint density at radius 1 is 1.23 bits per heavy atom. The van der Waals surface area contributed by atoms with Crippen LogP contribution in [0, 0.1) is 5.82 Å². The second kappa shape index (κ2) is 5.87. The second-order valence-corrected chi connectivity index (χ2v) is 5.29. The van der Waals surface area contributed by atoms with Gasteiger partial charge in [0.05, 0.1) is 16.6 Å². The summed E-state index contributed by atoms with van der Waals surface area (Å²) >= 11 is 6.00. The number of aromatic nitrogens is 2. The van der Waals surface area contributed by atoms with Crippen molar-refractivity contribution in [2.45, 2.75) is 6.42 Å². The fourth-order valence-electron chi connectivity index (χ4n) is 2.38. The Balaban J connectivity index is 2.37. The molecule has 3 aromatic rings. The normalized spacial score (nSPS) is 11.0. The van der Waals surface area contributed by atoms with E-state index in [1.807, 2.05) is 0 Å². The third kappa shape index (κ3) is 2.61. The van der Waals surface area contributed by atoms with E-state index in [1.54, 1.807) is 24.3 Å². The zero-order valence-electron chi connectivity index (χ0n) is 11.6. The van der Waals surface area contributed by atoms with Crippen LogP contribution in [0.15, 0.2) is 47.3 Å². The summed E-state index contributed by atoms with van der Waals surface area (Å²) in [7, 11) is 0. The van der Waals surface area contributed by atoms with Gasteiger partial charge in [-0.05, 0) is 42.9 Å². The monoisotopic (exact) mass is 317 g/mol. The van der Waals surface area contributed by atoms with Gasteiger partial charge >= 0.3 is 0 Å². The first-order valence-corrected chi connectivity index (χ1v) is 7.15. The first-order chi connectivity index (χ1) is 10.6. The molecule has 1 aromatic heterocycles. The lowest BCUT2D eigenvalue weighted by Gasteiger charge is -2.13. The summed E-state index contributed by atoms with van der Waals surface area (Å²) in [4.78, 5) is 17.2. The van der Waals surface area contributed by atoms with Crippen molar-refractivity contribution in [1.82, 2.24) is 9.55 Å². The molecule has 2 aromatic carbocycles. The van der Waals surface area contributed by atoms with Crippen LogP contribution in [0.5, 0.6) is 0 Å². The highest BCUT2D eigenvalue weighted by atomic mass is 35.5. The van der Waals surface area contributed by atoms with Gasteiger partial charge in [0.25, 0.3) is 5.56 Å². The van der Waals surface area contributed by atoms with E-state index in [9.17, 15) is 9.18 Å². The maximum Gasteiger partial charge on any atom is 0.266 e. The van der Waals surface area contributed by atoms with Gasteiger partial charge in [-0.15, -0.1) is 0 Å². The van der Waals surface area contributed by atoms with Crippen molar-refractivity contribution in [2.75, 3.05) is 6.54 Å². The maximum atomic E-state index is 13.4. The minimum absolute atomic E-state index is 0.223. The van der Waals surface area contributed by atoms with Gasteiger partial charge in [-0.2, -0.15) is 0 Å². The highest BCUT2D eigenvalue weighted by Gasteiger charge is 2.13. The zero-order chi connectivity index (χ0) is 15.7. The molecule has 0 saturated carbocycles. The van der Waals surface area contributed by atoms with Crippen LogP contribution in [0.25, 0.3) is 16.6 Å². The number of nitrogens with two attached hydrogens (primary N) is 1. The molecule has 0 amide bonds. The third-order valence-corrected chi connectivity index (χ3v) is 3.57. The summed E-state index contributed by atoms with van der Waals surface area (Å²) < 4.78 is 14.9. The van der Waals surface area contributed by atoms with E-state index in [1.165, 1.54) is 22.8 Å². The van der Waals surface area contributed by atoms with Crippen molar-refractivity contribution < 1.29 is 4.39 Å². The molecule has 0 bridgehead atoms. The molecule has 0 atom stereocenters. The smallest absolute Gasteiger partial charge is 0.266 e. The van der Waals surface area contributed by atoms with Gasteiger partial charge < -0.3 is 5.73 Å². The van der Waals surface area contributed by atoms with Crippen LogP contribution in [0.4, 0.5) is 4.39 Å². The highest BCUT2D eigenvalue weighted by molar-refractivity contribution is 6.30. The molecule has 0 radical (unpaired) electrons. The predicted octanol–water partition coefficient (Wildman–Crippen LogP) is 2.68. The number of halogens is 2. The number of hydrogen-bond donors (Lipinski definition) is 1. The molecule has 0 aliphatic rings. The van der Waals surface area contributed by atoms with E-state index < -0.39 is 5.82 Å². The molecule has 0 aliphatic heterocycles. The molecule has 22 heavy (non-hydrogen) atoms. The fraction of sp³-hybridized carbons (Fsp3) is 0.125. The van der Waals surface area contributed by atoms with Crippen molar-refractivity contribution in [3.8, 4) is 5.69 Å². The van der Waals surface area contributed by atoms with Crippen LogP contribution < -0.4 is 11.3 Å². The molecule has 0 unspecified atom stereocenters. The van der Waals surface area contributed by atoms with Crippen LogP contribution in [0.1, 0.15) is 5.82 Å². The Morgan fingerprint density at radius 3 is 2.77 bits per heavy atom. The molecule has 3 rings (SSSR count). The molecule has 0 aliphatic carbocycles. The summed E-state index contributed by atoms with van der Waals surface area (Å²) in [6.45, 7) is 0.347. The zero-order valence-corrected chi connectivity index (χ0v) is 12.3. The van der Waals surface area contributed by atoms with Gasteiger partial charge in [0.15, 0.2) is 0 Å². The lowest BCUT2D eigenvalue weighted by atomic mass is 10.2. The van der Waals surface area contributed by atoms with E-state index in [0.29, 0.717) is 35.0 Å². The molecule has 0 saturated heterocycles. The maximum absolute atomic E-state index is 13.4. The summed E-state index contributed by atoms with van der Waals surface area (Å²) in [5.41, 5.74) is 6.31. The number of fused-ring (bicyclic) bond motifs is 1. The van der Waals surface area contributed by atoms with E-state index >= 15 is 0 Å². The summed E-state index contributed by atoms with van der Waals surface area (Å²) in [5, 5.41) is 0.725. The molecule has 6 heteroatoms. The minimum atomic E-state index is -0.476. The van der Waals surface area contributed by atoms with Crippen LogP contribution in [0.2, 0.25) is 5.02 Å². The molecule has 4 nitrogen and oxygen atoms in total. The number of hydrogen-bond acceptors (Lipinski definition) is 3. The van der Waals surface area contributed by atoms with Crippen LogP contribution in [-0.2, 0) is 6.42 Å². The second-order valence-electron chi connectivity index (χ2n) is 4.85. The van der Waals surface area contributed by atoms with Crippen molar-refractivity contribution in [2.24, 2.45) is 5.73 Å². The van der Waals surface area contributed by atoms with Gasteiger partial charge in [-0.1, -0.05) is 17.7 Å². The Labute approximate surface area is 131 Å². The van der Waals surface area contributed by atoms with Gasteiger partial charge in [0.2, 0.25) is 0 Å². The number of nitrogens with zero attached hydrogens (tertiary/aromatic N) is 2.